The SMILES string of the molecule is CN(Cc1nnc(-c2ccccc2)o1)C1CCCCC1O. The van der Waals surface area contributed by atoms with Gasteiger partial charge in [-0.25, -0.2) is 0 Å². The third kappa shape index (κ3) is 3.31. The van der Waals surface area contributed by atoms with Crippen molar-refractivity contribution in [1.82, 2.24) is 15.1 Å². The summed E-state index contributed by atoms with van der Waals surface area (Å²) in [4.78, 5) is 2.12. The van der Waals surface area contributed by atoms with Crippen LogP contribution in [0.5, 0.6) is 0 Å². The van der Waals surface area contributed by atoms with Crippen LogP contribution in [0.25, 0.3) is 11.5 Å². The van der Waals surface area contributed by atoms with E-state index < -0.39 is 0 Å². The molecule has 1 aliphatic rings. The Kier molecular flexibility index (Phi) is 4.31. The molecule has 3 rings (SSSR count). The average Bonchev–Trinajstić information content (AvgIpc) is 2.97. The van der Waals surface area contributed by atoms with Crippen LogP contribution in [-0.4, -0.2) is 39.4 Å². The van der Waals surface area contributed by atoms with Crippen molar-refractivity contribution in [1.29, 1.82) is 0 Å². The van der Waals surface area contributed by atoms with E-state index in [1.165, 1.54) is 6.42 Å². The van der Waals surface area contributed by atoms with Crippen LogP contribution < -0.4 is 0 Å². The zero-order valence-electron chi connectivity index (χ0n) is 12.3. The number of rotatable bonds is 4. The molecule has 2 atom stereocenters. The van der Waals surface area contributed by atoms with E-state index in [0.717, 1.165) is 24.8 Å². The summed E-state index contributed by atoms with van der Waals surface area (Å²) in [7, 11) is 2.01. The van der Waals surface area contributed by atoms with Crippen molar-refractivity contribution in [3.8, 4) is 11.5 Å². The van der Waals surface area contributed by atoms with Gasteiger partial charge in [-0.05, 0) is 32.0 Å². The molecule has 1 fully saturated rings. The van der Waals surface area contributed by atoms with E-state index in [1.807, 2.05) is 37.4 Å². The van der Waals surface area contributed by atoms with Crippen molar-refractivity contribution in [3.05, 3.63) is 36.2 Å². The fraction of sp³-hybridized carbons (Fsp3) is 0.500. The summed E-state index contributed by atoms with van der Waals surface area (Å²) in [6.45, 7) is 0.571. The molecule has 5 nitrogen and oxygen atoms in total. The van der Waals surface area contributed by atoms with Gasteiger partial charge in [0.05, 0.1) is 12.6 Å². The van der Waals surface area contributed by atoms with Gasteiger partial charge in [0, 0.05) is 11.6 Å². The molecule has 1 aromatic carbocycles. The molecule has 5 heteroatoms. The average molecular weight is 287 g/mol. The van der Waals surface area contributed by atoms with E-state index in [2.05, 4.69) is 15.1 Å². The number of aliphatic hydroxyl groups excluding tert-OH is 1. The quantitative estimate of drug-likeness (QED) is 0.936. The predicted molar refractivity (Wildman–Crippen MR) is 79.5 cm³/mol. The standard InChI is InChI=1S/C16H21N3O2/c1-19(13-9-5-6-10-14(13)20)11-15-17-18-16(21-15)12-7-3-2-4-8-12/h2-4,7-8,13-14,20H,5-6,9-11H2,1H3. The number of hydrogen-bond acceptors (Lipinski definition) is 5. The molecular formula is C16H21N3O2. The maximum atomic E-state index is 10.1. The highest BCUT2D eigenvalue weighted by molar-refractivity contribution is 5.51. The molecule has 0 radical (unpaired) electrons. The van der Waals surface area contributed by atoms with Crippen LogP contribution in [-0.2, 0) is 6.54 Å². The van der Waals surface area contributed by atoms with Crippen molar-refractivity contribution >= 4 is 0 Å². The highest BCUT2D eigenvalue weighted by Gasteiger charge is 2.27. The summed E-state index contributed by atoms with van der Waals surface area (Å²) < 4.78 is 5.72. The number of aromatic nitrogens is 2. The molecule has 0 saturated heterocycles. The van der Waals surface area contributed by atoms with Crippen molar-refractivity contribution in [2.24, 2.45) is 0 Å². The minimum Gasteiger partial charge on any atom is -0.419 e. The Morgan fingerprint density at radius 1 is 1.19 bits per heavy atom. The second-order valence-electron chi connectivity index (χ2n) is 5.70. The molecule has 0 aliphatic heterocycles. The molecule has 0 spiro atoms. The lowest BCUT2D eigenvalue weighted by molar-refractivity contribution is 0.0256. The Morgan fingerprint density at radius 2 is 1.95 bits per heavy atom. The van der Waals surface area contributed by atoms with Gasteiger partial charge in [0.15, 0.2) is 0 Å². The Hall–Kier alpha value is -1.72. The first-order valence-electron chi connectivity index (χ1n) is 7.50. The zero-order chi connectivity index (χ0) is 14.7. The highest BCUT2D eigenvalue weighted by atomic mass is 16.4. The molecule has 1 heterocycles. The molecule has 1 aromatic heterocycles. The monoisotopic (exact) mass is 287 g/mol. The first-order valence-corrected chi connectivity index (χ1v) is 7.50. The van der Waals surface area contributed by atoms with Gasteiger partial charge < -0.3 is 9.52 Å². The Bertz CT molecular complexity index is 570. The van der Waals surface area contributed by atoms with E-state index >= 15 is 0 Å². The number of nitrogens with zero attached hydrogens (tertiary/aromatic N) is 3. The zero-order valence-corrected chi connectivity index (χ0v) is 12.3. The van der Waals surface area contributed by atoms with Crippen LogP contribution >= 0.6 is 0 Å². The highest BCUT2D eigenvalue weighted by Crippen LogP contribution is 2.24. The topological polar surface area (TPSA) is 62.4 Å². The number of benzene rings is 1. The van der Waals surface area contributed by atoms with Crippen molar-refractivity contribution < 1.29 is 9.52 Å². The molecule has 2 aromatic rings. The minimum absolute atomic E-state index is 0.186. The Morgan fingerprint density at radius 3 is 2.71 bits per heavy atom. The predicted octanol–water partition coefficient (Wildman–Crippen LogP) is 2.47. The smallest absolute Gasteiger partial charge is 0.247 e. The van der Waals surface area contributed by atoms with Crippen LogP contribution in [0.2, 0.25) is 0 Å². The lowest BCUT2D eigenvalue weighted by Crippen LogP contribution is -2.42. The number of aliphatic hydroxyl groups is 1. The first kappa shape index (κ1) is 14.2. The Balaban J connectivity index is 1.67. The van der Waals surface area contributed by atoms with Crippen LogP contribution in [0.3, 0.4) is 0 Å². The third-order valence-corrected chi connectivity index (χ3v) is 4.13. The summed E-state index contributed by atoms with van der Waals surface area (Å²) in [6, 6.07) is 9.94. The minimum atomic E-state index is -0.250. The van der Waals surface area contributed by atoms with Crippen LogP contribution in [0.4, 0.5) is 0 Å². The molecule has 0 amide bonds. The summed E-state index contributed by atoms with van der Waals surface area (Å²) in [6.07, 6.45) is 3.95. The second kappa shape index (κ2) is 6.37. The van der Waals surface area contributed by atoms with Gasteiger partial charge in [0.1, 0.15) is 0 Å². The molecule has 1 saturated carbocycles. The largest absolute Gasteiger partial charge is 0.419 e. The van der Waals surface area contributed by atoms with Crippen molar-refractivity contribution in [2.75, 3.05) is 7.05 Å². The fourth-order valence-corrected chi connectivity index (χ4v) is 2.95. The molecule has 21 heavy (non-hydrogen) atoms. The molecule has 1 N–H and O–H groups in total. The maximum absolute atomic E-state index is 10.1. The van der Waals surface area contributed by atoms with Gasteiger partial charge in [0.2, 0.25) is 11.8 Å². The van der Waals surface area contributed by atoms with Gasteiger partial charge in [-0.1, -0.05) is 31.0 Å². The van der Waals surface area contributed by atoms with Crippen molar-refractivity contribution in [3.63, 3.8) is 0 Å². The van der Waals surface area contributed by atoms with Gasteiger partial charge >= 0.3 is 0 Å². The van der Waals surface area contributed by atoms with Crippen molar-refractivity contribution in [2.45, 2.75) is 44.4 Å². The van der Waals surface area contributed by atoms with Gasteiger partial charge in [-0.3, -0.25) is 4.90 Å². The molecular weight excluding hydrogens is 266 g/mol. The summed E-state index contributed by atoms with van der Waals surface area (Å²) >= 11 is 0. The van der Waals surface area contributed by atoms with Crippen LogP contribution in [0.1, 0.15) is 31.6 Å². The van der Waals surface area contributed by atoms with E-state index in [4.69, 9.17) is 4.42 Å². The second-order valence-corrected chi connectivity index (χ2v) is 5.70. The molecule has 112 valence electrons. The summed E-state index contributed by atoms with van der Waals surface area (Å²) in [5, 5.41) is 18.3. The summed E-state index contributed by atoms with van der Waals surface area (Å²) in [5.41, 5.74) is 0.927. The van der Waals surface area contributed by atoms with Gasteiger partial charge in [0.25, 0.3) is 0 Å². The van der Waals surface area contributed by atoms with Crippen LogP contribution in [0, 0.1) is 0 Å². The number of hydrogen-bond donors (Lipinski definition) is 1. The van der Waals surface area contributed by atoms with E-state index in [1.54, 1.807) is 0 Å². The fourth-order valence-electron chi connectivity index (χ4n) is 2.95. The van der Waals surface area contributed by atoms with E-state index in [0.29, 0.717) is 18.3 Å². The molecule has 0 bridgehead atoms. The molecule has 1 aliphatic carbocycles. The summed E-state index contributed by atoms with van der Waals surface area (Å²) in [5.74, 6) is 1.14. The lowest BCUT2D eigenvalue weighted by atomic mass is 9.92. The van der Waals surface area contributed by atoms with E-state index in [-0.39, 0.29) is 12.1 Å². The van der Waals surface area contributed by atoms with Gasteiger partial charge in [-0.2, -0.15) is 0 Å². The first-order chi connectivity index (χ1) is 10.2. The molecule has 2 unspecified atom stereocenters. The van der Waals surface area contributed by atoms with E-state index in [9.17, 15) is 5.11 Å². The Labute approximate surface area is 124 Å². The lowest BCUT2D eigenvalue weighted by Gasteiger charge is -2.34. The maximum Gasteiger partial charge on any atom is 0.247 e. The van der Waals surface area contributed by atoms with Gasteiger partial charge in [-0.15, -0.1) is 10.2 Å². The third-order valence-electron chi connectivity index (χ3n) is 4.13. The normalized spacial score (nSPS) is 22.6. The van der Waals surface area contributed by atoms with Crippen LogP contribution in [0.15, 0.2) is 34.7 Å². The number of likely N-dealkylation sites (N-methyl/N-ethyl adjacent to an activating group) is 1.